The molecule has 3 N–H and O–H groups in total. The molecule has 1 fully saturated rings. The van der Waals surface area contributed by atoms with Crippen LogP contribution in [0.25, 0.3) is 0 Å². The van der Waals surface area contributed by atoms with Crippen LogP contribution in [0.15, 0.2) is 18.5 Å². The van der Waals surface area contributed by atoms with E-state index in [9.17, 15) is 4.39 Å². The lowest BCUT2D eigenvalue weighted by Gasteiger charge is -2.28. The van der Waals surface area contributed by atoms with Gasteiger partial charge >= 0.3 is 0 Å². The van der Waals surface area contributed by atoms with Crippen LogP contribution in [0.5, 0.6) is 5.88 Å². The van der Waals surface area contributed by atoms with Crippen LogP contribution in [-0.4, -0.2) is 70.1 Å². The van der Waals surface area contributed by atoms with Gasteiger partial charge in [0.15, 0.2) is 17.5 Å². The van der Waals surface area contributed by atoms with Crippen molar-refractivity contribution < 1.29 is 18.3 Å². The maximum Gasteiger partial charge on any atom is 0.234 e. The number of aromatic amines is 1. The lowest BCUT2D eigenvalue weighted by molar-refractivity contribution is 0.122. The molecular weight excluding hydrogens is 412 g/mol. The molecule has 0 unspecified atom stereocenters. The molecule has 0 aromatic carbocycles. The SMILES string of the molecule is COc1cc(Nc2nc(NCCc3ncc(F)cn3)nc(N3CCOCC3)c2F)[nH]n1. The van der Waals surface area contributed by atoms with Gasteiger partial charge in [-0.05, 0) is 0 Å². The minimum absolute atomic E-state index is 0.0247. The second kappa shape index (κ2) is 9.47. The summed E-state index contributed by atoms with van der Waals surface area (Å²) in [4.78, 5) is 18.2. The highest BCUT2D eigenvalue weighted by Gasteiger charge is 2.22. The van der Waals surface area contributed by atoms with E-state index in [1.54, 1.807) is 11.0 Å². The summed E-state index contributed by atoms with van der Waals surface area (Å²) in [7, 11) is 1.48. The number of anilines is 4. The van der Waals surface area contributed by atoms with Gasteiger partial charge in [-0.2, -0.15) is 14.4 Å². The van der Waals surface area contributed by atoms with Gasteiger partial charge in [0.1, 0.15) is 11.6 Å². The Hall–Kier alpha value is -3.61. The Morgan fingerprint density at radius 2 is 1.97 bits per heavy atom. The fourth-order valence-electron chi connectivity index (χ4n) is 2.94. The molecule has 13 heteroatoms. The molecule has 0 saturated carbocycles. The number of rotatable bonds is 8. The summed E-state index contributed by atoms with van der Waals surface area (Å²) in [6.07, 6.45) is 2.62. The average molecular weight is 433 g/mol. The number of H-pyrrole nitrogens is 1. The largest absolute Gasteiger partial charge is 0.480 e. The summed E-state index contributed by atoms with van der Waals surface area (Å²) in [6, 6.07) is 1.58. The van der Waals surface area contributed by atoms with E-state index >= 15 is 4.39 Å². The van der Waals surface area contributed by atoms with E-state index in [0.717, 1.165) is 12.4 Å². The van der Waals surface area contributed by atoms with Crippen LogP contribution in [0.4, 0.5) is 32.2 Å². The highest BCUT2D eigenvalue weighted by molar-refractivity contribution is 5.61. The first-order valence-corrected chi connectivity index (χ1v) is 9.59. The molecule has 0 atom stereocenters. The van der Waals surface area contributed by atoms with Crippen LogP contribution in [0.3, 0.4) is 0 Å². The highest BCUT2D eigenvalue weighted by Crippen LogP contribution is 2.27. The number of hydrogen-bond acceptors (Lipinski definition) is 10. The third-order valence-corrected chi connectivity index (χ3v) is 4.47. The molecule has 1 saturated heterocycles. The first kappa shape index (κ1) is 20.7. The van der Waals surface area contributed by atoms with Crippen LogP contribution >= 0.6 is 0 Å². The number of nitrogens with zero attached hydrogens (tertiary/aromatic N) is 6. The fraction of sp³-hybridized carbons (Fsp3) is 0.389. The summed E-state index contributed by atoms with van der Waals surface area (Å²) >= 11 is 0. The Bertz CT molecular complexity index is 1010. The highest BCUT2D eigenvalue weighted by atomic mass is 19.1. The van der Waals surface area contributed by atoms with Gasteiger partial charge in [0.25, 0.3) is 0 Å². The van der Waals surface area contributed by atoms with Crippen LogP contribution in [0, 0.1) is 11.6 Å². The lowest BCUT2D eigenvalue weighted by atomic mass is 10.3. The Balaban J connectivity index is 1.54. The number of hydrogen-bond donors (Lipinski definition) is 3. The molecule has 1 aliphatic heterocycles. The molecule has 11 nitrogen and oxygen atoms in total. The van der Waals surface area contributed by atoms with E-state index < -0.39 is 11.6 Å². The standard InChI is InChI=1S/C18H21F2N9O2/c1-30-14-8-13(27-28-14)24-16-15(20)17(29-4-6-31-7-5-29)26-18(25-16)21-3-2-12-22-9-11(19)10-23-12/h8-10H,2-7H2,1H3,(H3,21,24,25,26,27,28). The number of ether oxygens (including phenoxy) is 2. The summed E-state index contributed by atoms with van der Waals surface area (Å²) in [5.74, 6) is 0.487. The van der Waals surface area contributed by atoms with E-state index in [-0.39, 0.29) is 17.6 Å². The van der Waals surface area contributed by atoms with Gasteiger partial charge < -0.3 is 25.0 Å². The molecule has 4 rings (SSSR count). The molecule has 3 aromatic rings. The fourth-order valence-corrected chi connectivity index (χ4v) is 2.94. The van der Waals surface area contributed by atoms with Gasteiger partial charge in [-0.25, -0.2) is 14.4 Å². The molecule has 0 bridgehead atoms. The van der Waals surface area contributed by atoms with Crippen LogP contribution in [0.2, 0.25) is 0 Å². The molecule has 0 spiro atoms. The van der Waals surface area contributed by atoms with Crippen molar-refractivity contribution in [1.82, 2.24) is 30.1 Å². The molecule has 31 heavy (non-hydrogen) atoms. The number of aromatic nitrogens is 6. The third-order valence-electron chi connectivity index (χ3n) is 4.47. The number of morpholine rings is 1. The molecule has 1 aliphatic rings. The first-order valence-electron chi connectivity index (χ1n) is 9.59. The molecule has 0 amide bonds. The van der Waals surface area contributed by atoms with Crippen molar-refractivity contribution >= 4 is 23.4 Å². The molecule has 0 radical (unpaired) electrons. The Morgan fingerprint density at radius 3 is 2.68 bits per heavy atom. The van der Waals surface area contributed by atoms with Gasteiger partial charge in [0.2, 0.25) is 17.6 Å². The maximum absolute atomic E-state index is 15.2. The average Bonchev–Trinajstić information content (AvgIpc) is 3.25. The van der Waals surface area contributed by atoms with Crippen molar-refractivity contribution in [3.8, 4) is 5.88 Å². The number of nitrogens with one attached hydrogen (secondary N) is 3. The second-order valence-corrected chi connectivity index (χ2v) is 6.58. The van der Waals surface area contributed by atoms with Crippen LogP contribution in [0.1, 0.15) is 5.82 Å². The molecule has 0 aliphatic carbocycles. The minimum atomic E-state index is -0.595. The minimum Gasteiger partial charge on any atom is -0.480 e. The monoisotopic (exact) mass is 433 g/mol. The van der Waals surface area contributed by atoms with Gasteiger partial charge in [-0.1, -0.05) is 0 Å². The molecular formula is C18H21F2N9O2. The summed E-state index contributed by atoms with van der Waals surface area (Å²) in [5, 5.41) is 12.6. The molecule has 164 valence electrons. The normalized spacial score (nSPS) is 13.8. The predicted octanol–water partition coefficient (Wildman–Crippen LogP) is 1.51. The summed E-state index contributed by atoms with van der Waals surface area (Å²) in [6.45, 7) is 2.35. The second-order valence-electron chi connectivity index (χ2n) is 6.58. The van der Waals surface area contributed by atoms with Crippen molar-refractivity contribution in [1.29, 1.82) is 0 Å². The van der Waals surface area contributed by atoms with Gasteiger partial charge in [0.05, 0.1) is 32.7 Å². The molecule has 3 aromatic heterocycles. The zero-order chi connectivity index (χ0) is 21.6. The van der Waals surface area contributed by atoms with E-state index in [1.807, 2.05) is 0 Å². The van der Waals surface area contributed by atoms with Crippen LogP contribution in [-0.2, 0) is 11.2 Å². The van der Waals surface area contributed by atoms with Crippen molar-refractivity contribution in [2.24, 2.45) is 0 Å². The van der Waals surface area contributed by atoms with Gasteiger partial charge in [-0.3, -0.25) is 5.10 Å². The third kappa shape index (κ3) is 5.12. The van der Waals surface area contributed by atoms with Crippen LogP contribution < -0.4 is 20.3 Å². The van der Waals surface area contributed by atoms with Gasteiger partial charge in [-0.15, -0.1) is 5.10 Å². The van der Waals surface area contributed by atoms with Crippen molar-refractivity contribution in [3.05, 3.63) is 35.9 Å². The number of halogens is 2. The van der Waals surface area contributed by atoms with Crippen molar-refractivity contribution in [2.75, 3.05) is 55.5 Å². The summed E-state index contributed by atoms with van der Waals surface area (Å²) in [5.41, 5.74) is 0. The smallest absolute Gasteiger partial charge is 0.234 e. The predicted molar refractivity (Wildman–Crippen MR) is 108 cm³/mol. The van der Waals surface area contributed by atoms with E-state index in [0.29, 0.717) is 56.8 Å². The van der Waals surface area contributed by atoms with E-state index in [2.05, 4.69) is 40.8 Å². The first-order chi connectivity index (χ1) is 15.1. The Kier molecular flexibility index (Phi) is 6.31. The quantitative estimate of drug-likeness (QED) is 0.481. The topological polar surface area (TPSA) is 126 Å². The maximum atomic E-state index is 15.2. The van der Waals surface area contributed by atoms with Crippen molar-refractivity contribution in [2.45, 2.75) is 6.42 Å². The lowest BCUT2D eigenvalue weighted by Crippen LogP contribution is -2.37. The van der Waals surface area contributed by atoms with Crippen molar-refractivity contribution in [3.63, 3.8) is 0 Å². The summed E-state index contributed by atoms with van der Waals surface area (Å²) < 4.78 is 38.5. The zero-order valence-electron chi connectivity index (χ0n) is 16.7. The van der Waals surface area contributed by atoms with E-state index in [4.69, 9.17) is 9.47 Å². The zero-order valence-corrected chi connectivity index (χ0v) is 16.7. The Labute approximate surface area is 176 Å². The Morgan fingerprint density at radius 1 is 1.19 bits per heavy atom. The number of methoxy groups -OCH3 is 1. The molecule has 4 heterocycles. The van der Waals surface area contributed by atoms with E-state index in [1.165, 1.54) is 7.11 Å². The van der Waals surface area contributed by atoms with Gasteiger partial charge in [0, 0.05) is 32.1 Å².